The Bertz CT molecular complexity index is 4120. The molecule has 0 bridgehead atoms. The van der Waals surface area contributed by atoms with Crippen LogP contribution in [-0.4, -0.2) is 176 Å². The first kappa shape index (κ1) is 119. The maximum atomic E-state index is 11.7. The molecule has 0 radical (unpaired) electrons. The zero-order chi connectivity index (χ0) is 96.6. The monoisotopic (exact) mass is 1840 g/mol. The summed E-state index contributed by atoms with van der Waals surface area (Å²) in [5.41, 5.74) is 12.9. The number of aliphatic carboxylic acids is 6. The molecular formula is C95H134N4O24S4. The van der Waals surface area contributed by atoms with E-state index < -0.39 is 94.4 Å². The first-order valence-corrected chi connectivity index (χ1v) is 45.0. The number of benzene rings is 6. The average Bonchev–Trinajstić information content (AvgIpc) is 0.889. The van der Waals surface area contributed by atoms with Crippen LogP contribution < -0.4 is 11.2 Å². The van der Waals surface area contributed by atoms with Crippen LogP contribution in [0.1, 0.15) is 169 Å². The molecule has 0 aliphatic rings. The predicted molar refractivity (Wildman–Crippen MR) is 499 cm³/mol. The molecule has 0 aromatic heterocycles. The fourth-order valence-corrected chi connectivity index (χ4v) is 13.5. The number of carboxylic acid groups (broad SMARTS) is 6. The topological polar surface area (TPSA) is 453 Å². The summed E-state index contributed by atoms with van der Waals surface area (Å²) in [6.07, 6.45) is 5.92. The van der Waals surface area contributed by atoms with E-state index in [9.17, 15) is 72.2 Å². The van der Waals surface area contributed by atoms with Crippen LogP contribution in [0, 0.1) is 64.6 Å². The molecule has 3 amide bonds. The number of thiol groups is 1. The van der Waals surface area contributed by atoms with E-state index in [1.165, 1.54) is 31.9 Å². The van der Waals surface area contributed by atoms with Crippen molar-refractivity contribution in [3.8, 4) is 0 Å². The smallest absolute Gasteiger partial charge is 0.317 e. The molecule has 8 unspecified atom stereocenters. The van der Waals surface area contributed by atoms with Crippen molar-refractivity contribution in [3.63, 3.8) is 0 Å². The quantitative estimate of drug-likeness (QED) is 0.00424. The van der Waals surface area contributed by atoms with Gasteiger partial charge in [-0.05, 0) is 135 Å². The van der Waals surface area contributed by atoms with Gasteiger partial charge in [-0.3, -0.25) is 82.0 Å². The highest BCUT2D eigenvalue weighted by atomic mass is 32.2. The molecule has 0 saturated heterocycles. The van der Waals surface area contributed by atoms with Gasteiger partial charge in [0.15, 0.2) is 27.7 Å². The molecule has 0 heterocycles. The standard InChI is InChI=1S/C18H19NO4.C15H21NO4.C13H22O5.C12H14O3S.C11H15NO2.C9H13NS.C9H16O3S.C8H14O3S/c20-14-19(23-13-16-9-5-2-6-10-16)12-17(18(21)22)11-15-7-3-1-4-8-15;1-12(2)8-14(15(18)19)9-16(11-17)20-10-13-6-4-3-5-7-13;1-8(2)6-9(11(15)16)10(14)7-18-12(17)13(3,4)5;1-9(13)16-8-11(12(14)15)7-10-5-3-2-4-6-10;1-9(8-11(13)12-14)7-10-5-3-2-4-6-10;10-9(7-11)6-8-4-2-1-3-5-8;1-6(2)4-8(9(11)12)5-13-7(3)10;1-5(2)4-7(8(10)11)12-6(3)9/h1-10,14,17H,11-13H2,(H,21,22);3-7,11-12,14H,8-10H2,1-2H3,(H,18,19);8-9H,6-7H2,1-5H3,(H,15,16);2-6,11H,7-8H2,1H3,(H,14,15);2-6,9,14H,7-8H2,1H3,(H,12,13);1-5,9,11H,6-7,10H2;6,8H,4-5H2,1-3H3,(H,11,12);5,7H,4H2,1-3H3,(H,10,11). The van der Waals surface area contributed by atoms with Crippen LogP contribution >= 0.6 is 47.9 Å². The number of esters is 1. The summed E-state index contributed by atoms with van der Waals surface area (Å²) in [5.74, 6) is -7.60. The predicted octanol–water partition coefficient (Wildman–Crippen LogP) is 16.0. The first-order chi connectivity index (χ1) is 59.8. The van der Waals surface area contributed by atoms with Crippen LogP contribution in [0.5, 0.6) is 0 Å². The van der Waals surface area contributed by atoms with E-state index in [0.29, 0.717) is 74.7 Å². The van der Waals surface area contributed by atoms with Gasteiger partial charge in [-0.1, -0.05) is 280 Å². The van der Waals surface area contributed by atoms with E-state index in [1.54, 1.807) is 26.3 Å². The van der Waals surface area contributed by atoms with Gasteiger partial charge in [-0.2, -0.15) is 12.6 Å². The van der Waals surface area contributed by atoms with Gasteiger partial charge in [0.2, 0.25) is 18.7 Å². The lowest BCUT2D eigenvalue weighted by Gasteiger charge is -2.22. The minimum atomic E-state index is -1.17. The summed E-state index contributed by atoms with van der Waals surface area (Å²) in [5, 5.41) is 63.7. The number of carboxylic acids is 6. The molecule has 10 N–H and O–H groups in total. The number of hydrogen-bond acceptors (Lipinski definition) is 23. The molecule has 32 heteroatoms. The number of amides is 3. The fraction of sp³-hybridized carbons (Fsp3) is 0.474. The average molecular weight is 1840 g/mol. The van der Waals surface area contributed by atoms with Gasteiger partial charge in [-0.25, -0.2) is 15.6 Å². The fourth-order valence-electron chi connectivity index (χ4n) is 11.0. The maximum absolute atomic E-state index is 11.7. The summed E-state index contributed by atoms with van der Waals surface area (Å²) in [6.45, 7) is 26.8. The van der Waals surface area contributed by atoms with Crippen LogP contribution in [0.15, 0.2) is 182 Å². The minimum Gasteiger partial charge on any atom is -0.481 e. The number of carbonyl (C=O) groups excluding carboxylic acids is 8. The van der Waals surface area contributed by atoms with E-state index in [0.717, 1.165) is 86.3 Å². The van der Waals surface area contributed by atoms with Crippen molar-refractivity contribution in [1.29, 1.82) is 0 Å². The highest BCUT2D eigenvalue weighted by Crippen LogP contribution is 2.24. The Labute approximate surface area is 766 Å². The van der Waals surface area contributed by atoms with Crippen molar-refractivity contribution >= 4 is 130 Å². The van der Waals surface area contributed by atoms with E-state index >= 15 is 0 Å². The number of thioether (sulfide) groups is 3. The molecule has 6 aromatic rings. The Balaban J connectivity index is 0. The SMILES string of the molecule is CC(=O)SC(CC(C)C)C(=O)O.CC(=O)SCC(CC(C)C)C(=O)O.CC(=O)SCC(Cc1ccccc1)C(=O)O.CC(C)CC(C(=O)O)C(=O)COC(=O)C(C)(C)C.CC(C)CC(CN(C=O)OCc1ccccc1)C(=O)O.CC(CC(=O)NO)Cc1ccccc1.NC(CS)Cc1ccccc1.O=CN(CC(Cc1ccccc1)C(=O)O)OCc1ccccc1. The lowest BCUT2D eigenvalue weighted by Crippen LogP contribution is -2.33. The molecule has 0 saturated carbocycles. The van der Waals surface area contributed by atoms with Gasteiger partial charge in [0.25, 0.3) is 0 Å². The number of ether oxygens (including phenoxy) is 1. The highest BCUT2D eigenvalue weighted by molar-refractivity contribution is 8.14. The Morgan fingerprint density at radius 3 is 1.07 bits per heavy atom. The van der Waals surface area contributed by atoms with Gasteiger partial charge >= 0.3 is 41.8 Å². The second-order valence-electron chi connectivity index (χ2n) is 32.4. The number of hydroxylamine groups is 5. The third kappa shape index (κ3) is 64.3. The Kier molecular flexibility index (Phi) is 65.6. The number of Topliss-reactive ketones (excluding diaryl/α,β-unsaturated/α-hetero) is 1. The molecule has 6 rings (SSSR count). The normalized spacial score (nSPS) is 12.4. The molecule has 702 valence electrons. The van der Waals surface area contributed by atoms with Crippen molar-refractivity contribution < 1.29 is 117 Å². The summed E-state index contributed by atoms with van der Waals surface area (Å²) < 4.78 is 4.83. The van der Waals surface area contributed by atoms with Gasteiger partial charge in [0.05, 0.1) is 42.2 Å². The van der Waals surface area contributed by atoms with E-state index in [1.807, 2.05) is 232 Å². The van der Waals surface area contributed by atoms with Gasteiger partial charge in [-0.15, -0.1) is 0 Å². The molecule has 0 fully saturated rings. The van der Waals surface area contributed by atoms with Crippen molar-refractivity contribution in [2.45, 2.75) is 186 Å². The Morgan fingerprint density at radius 2 is 0.764 bits per heavy atom. The van der Waals surface area contributed by atoms with Crippen LogP contribution in [0.25, 0.3) is 0 Å². The van der Waals surface area contributed by atoms with Gasteiger partial charge < -0.3 is 41.1 Å². The first-order valence-electron chi connectivity index (χ1n) is 41.5. The zero-order valence-electron chi connectivity index (χ0n) is 75.6. The Hall–Kier alpha value is -10.1. The number of carbonyl (C=O) groups is 14. The van der Waals surface area contributed by atoms with Crippen molar-refractivity contribution in [1.82, 2.24) is 15.6 Å². The molecule has 6 aromatic carbocycles. The molecule has 127 heavy (non-hydrogen) atoms. The summed E-state index contributed by atoms with van der Waals surface area (Å²) >= 11 is 7.18. The summed E-state index contributed by atoms with van der Waals surface area (Å²) in [4.78, 5) is 165. The number of rotatable bonds is 45. The lowest BCUT2D eigenvalue weighted by atomic mass is 9.93. The van der Waals surface area contributed by atoms with Crippen LogP contribution in [0.2, 0.25) is 0 Å². The molecule has 0 aliphatic carbocycles. The third-order valence-electron chi connectivity index (χ3n) is 17.3. The van der Waals surface area contributed by atoms with Crippen molar-refractivity contribution in [2.24, 2.45) is 70.3 Å². The lowest BCUT2D eigenvalue weighted by molar-refractivity contribution is -0.184. The van der Waals surface area contributed by atoms with Crippen LogP contribution in [0.4, 0.5) is 0 Å². The minimum absolute atomic E-state index is 0.000557. The molecule has 0 spiro atoms. The second-order valence-corrected chi connectivity index (χ2v) is 36.5. The van der Waals surface area contributed by atoms with E-state index in [4.69, 9.17) is 50.9 Å². The number of nitrogens with one attached hydrogen (secondary N) is 1. The third-order valence-corrected chi connectivity index (χ3v) is 20.8. The van der Waals surface area contributed by atoms with Crippen molar-refractivity contribution in [2.75, 3.05) is 37.0 Å². The van der Waals surface area contributed by atoms with E-state index in [2.05, 4.69) is 24.8 Å². The highest BCUT2D eigenvalue weighted by Gasteiger charge is 2.31. The second kappa shape index (κ2) is 70.0. The number of nitrogens with zero attached hydrogens (tertiary/aromatic N) is 2. The van der Waals surface area contributed by atoms with Crippen LogP contribution in [0.3, 0.4) is 0 Å². The Morgan fingerprint density at radius 1 is 0.433 bits per heavy atom. The molecular weight excluding hydrogens is 1710 g/mol. The van der Waals surface area contributed by atoms with Crippen molar-refractivity contribution in [3.05, 3.63) is 215 Å². The maximum Gasteiger partial charge on any atom is 0.317 e. The number of hydrogen-bond donors (Lipinski definition) is 10. The summed E-state index contributed by atoms with van der Waals surface area (Å²) in [7, 11) is 0. The largest absolute Gasteiger partial charge is 0.481 e. The van der Waals surface area contributed by atoms with Gasteiger partial charge in [0, 0.05) is 50.5 Å². The van der Waals surface area contributed by atoms with Crippen LogP contribution in [-0.2, 0) is 120 Å². The molecule has 28 nitrogen and oxygen atoms in total. The number of nitrogens with two attached hydrogens (primary N) is 1. The molecule has 8 atom stereocenters. The molecule has 0 aliphatic heterocycles. The van der Waals surface area contributed by atoms with E-state index in [-0.39, 0.29) is 77.8 Å². The number of ketones is 1. The summed E-state index contributed by atoms with van der Waals surface area (Å²) in [6, 6.07) is 58.0. The van der Waals surface area contributed by atoms with Gasteiger partial charge in [0.1, 0.15) is 24.4 Å². The zero-order valence-corrected chi connectivity index (χ0v) is 79.0.